The maximum Gasteiger partial charge on any atom is 0.326 e. The zero-order valence-corrected chi connectivity index (χ0v) is 10.7. The number of hydrogen-bond acceptors (Lipinski definition) is 4. The van der Waals surface area contributed by atoms with Gasteiger partial charge in [0.05, 0.1) is 6.61 Å². The number of esters is 1. The Balaban J connectivity index is 2.55. The molecule has 0 spiro atoms. The summed E-state index contributed by atoms with van der Waals surface area (Å²) in [4.78, 5) is 26.6. The van der Waals surface area contributed by atoms with Crippen molar-refractivity contribution in [1.29, 1.82) is 0 Å². The van der Waals surface area contributed by atoms with Gasteiger partial charge < -0.3 is 20.3 Å². The minimum atomic E-state index is -0.931. The molecule has 0 unspecified atom stereocenters. The fourth-order valence-corrected chi connectivity index (χ4v) is 1.86. The molecule has 1 aliphatic heterocycles. The summed E-state index contributed by atoms with van der Waals surface area (Å²) < 4.78 is 4.95. The van der Waals surface area contributed by atoms with Crippen molar-refractivity contribution in [2.75, 3.05) is 33.8 Å². The molecule has 0 radical (unpaired) electrons. The second-order valence-electron chi connectivity index (χ2n) is 4.54. The number of rotatable bonds is 2. The normalized spacial score (nSPS) is 18.7. The molecule has 98 valence electrons. The quantitative estimate of drug-likeness (QED) is 0.694. The summed E-state index contributed by atoms with van der Waals surface area (Å²) in [7, 11) is 3.41. The summed E-state index contributed by atoms with van der Waals surface area (Å²) in [5.41, 5.74) is 5.07. The molecule has 0 bridgehead atoms. The van der Waals surface area contributed by atoms with Gasteiger partial charge >= 0.3 is 12.0 Å². The van der Waals surface area contributed by atoms with E-state index in [0.717, 1.165) is 0 Å². The maximum absolute atomic E-state index is 11.7. The second kappa shape index (κ2) is 5.35. The Bertz CT molecular complexity index is 296. The van der Waals surface area contributed by atoms with Gasteiger partial charge in [-0.05, 0) is 19.8 Å². The Morgan fingerprint density at radius 3 is 2.29 bits per heavy atom. The molecule has 1 fully saturated rings. The topological polar surface area (TPSA) is 75.9 Å². The van der Waals surface area contributed by atoms with Crippen LogP contribution < -0.4 is 5.73 Å². The van der Waals surface area contributed by atoms with Crippen molar-refractivity contribution in [2.24, 2.45) is 5.73 Å². The van der Waals surface area contributed by atoms with Crippen molar-refractivity contribution >= 4 is 12.0 Å². The fraction of sp³-hybridized carbons (Fsp3) is 0.818. The van der Waals surface area contributed by atoms with Gasteiger partial charge in [-0.3, -0.25) is 4.79 Å². The number of ether oxygens (including phenoxy) is 1. The monoisotopic (exact) mass is 243 g/mol. The maximum atomic E-state index is 11.7. The molecule has 1 heterocycles. The van der Waals surface area contributed by atoms with Crippen LogP contribution in [0.1, 0.15) is 19.8 Å². The van der Waals surface area contributed by atoms with Crippen LogP contribution in [0.25, 0.3) is 0 Å². The molecule has 2 N–H and O–H groups in total. The van der Waals surface area contributed by atoms with E-state index in [1.54, 1.807) is 25.9 Å². The van der Waals surface area contributed by atoms with Crippen LogP contribution in [0.15, 0.2) is 0 Å². The van der Waals surface area contributed by atoms with Gasteiger partial charge in [0.2, 0.25) is 0 Å². The molecular weight excluding hydrogens is 222 g/mol. The molecule has 0 saturated carbocycles. The second-order valence-corrected chi connectivity index (χ2v) is 4.54. The van der Waals surface area contributed by atoms with Gasteiger partial charge in [-0.1, -0.05) is 0 Å². The van der Waals surface area contributed by atoms with Crippen molar-refractivity contribution in [2.45, 2.75) is 25.3 Å². The lowest BCUT2D eigenvalue weighted by Crippen LogP contribution is -2.58. The average molecular weight is 243 g/mol. The summed E-state index contributed by atoms with van der Waals surface area (Å²) in [6.45, 7) is 3.07. The molecule has 1 rings (SSSR count). The number of nitrogens with two attached hydrogens (primary N) is 1. The first-order valence-corrected chi connectivity index (χ1v) is 5.83. The van der Waals surface area contributed by atoms with Gasteiger partial charge in [-0.2, -0.15) is 0 Å². The molecular formula is C11H21N3O3. The van der Waals surface area contributed by atoms with E-state index < -0.39 is 5.54 Å². The van der Waals surface area contributed by atoms with Gasteiger partial charge in [-0.25, -0.2) is 4.79 Å². The summed E-state index contributed by atoms with van der Waals surface area (Å²) in [6, 6.07) is -0.0455. The first-order valence-electron chi connectivity index (χ1n) is 5.83. The minimum Gasteiger partial charge on any atom is -0.465 e. The van der Waals surface area contributed by atoms with E-state index in [0.29, 0.717) is 32.5 Å². The SMILES string of the molecule is CCOC(=O)C1(N)CCN(C(=O)N(C)C)CC1. The van der Waals surface area contributed by atoms with Crippen molar-refractivity contribution in [1.82, 2.24) is 9.80 Å². The third kappa shape index (κ3) is 3.09. The number of hydrogen-bond donors (Lipinski definition) is 1. The Morgan fingerprint density at radius 2 is 1.88 bits per heavy atom. The highest BCUT2D eigenvalue weighted by molar-refractivity contribution is 5.81. The highest BCUT2D eigenvalue weighted by atomic mass is 16.5. The molecule has 0 aromatic carbocycles. The first kappa shape index (κ1) is 13.8. The van der Waals surface area contributed by atoms with Crippen molar-refractivity contribution < 1.29 is 14.3 Å². The lowest BCUT2D eigenvalue weighted by atomic mass is 9.89. The third-order valence-corrected chi connectivity index (χ3v) is 2.99. The van der Waals surface area contributed by atoms with Crippen molar-refractivity contribution in [3.63, 3.8) is 0 Å². The molecule has 0 aliphatic carbocycles. The van der Waals surface area contributed by atoms with E-state index in [1.165, 1.54) is 4.90 Å². The van der Waals surface area contributed by atoms with E-state index >= 15 is 0 Å². The summed E-state index contributed by atoms with van der Waals surface area (Å²) in [5, 5.41) is 0. The van der Waals surface area contributed by atoms with E-state index in [9.17, 15) is 9.59 Å². The summed E-state index contributed by atoms with van der Waals surface area (Å²) in [5.74, 6) is -0.364. The van der Waals surface area contributed by atoms with E-state index in [4.69, 9.17) is 10.5 Å². The number of amides is 2. The van der Waals surface area contributed by atoms with Crippen LogP contribution in [0.3, 0.4) is 0 Å². The molecule has 6 heteroatoms. The number of urea groups is 1. The zero-order valence-electron chi connectivity index (χ0n) is 10.7. The van der Waals surface area contributed by atoms with Gasteiger partial charge in [0.1, 0.15) is 5.54 Å². The van der Waals surface area contributed by atoms with Gasteiger partial charge in [0, 0.05) is 27.2 Å². The van der Waals surface area contributed by atoms with E-state index in [1.807, 2.05) is 0 Å². The fourth-order valence-electron chi connectivity index (χ4n) is 1.86. The van der Waals surface area contributed by atoms with Gasteiger partial charge in [-0.15, -0.1) is 0 Å². The van der Waals surface area contributed by atoms with Crippen LogP contribution in [0.5, 0.6) is 0 Å². The lowest BCUT2D eigenvalue weighted by Gasteiger charge is -2.38. The Morgan fingerprint density at radius 1 is 1.35 bits per heavy atom. The molecule has 2 amide bonds. The predicted molar refractivity (Wildman–Crippen MR) is 63.4 cm³/mol. The van der Waals surface area contributed by atoms with Gasteiger partial charge in [0.25, 0.3) is 0 Å². The molecule has 0 aromatic heterocycles. The number of carbonyl (C=O) groups is 2. The van der Waals surface area contributed by atoms with Crippen LogP contribution in [0.2, 0.25) is 0 Å². The van der Waals surface area contributed by atoms with Crippen molar-refractivity contribution in [3.05, 3.63) is 0 Å². The largest absolute Gasteiger partial charge is 0.465 e. The smallest absolute Gasteiger partial charge is 0.326 e. The number of nitrogens with zero attached hydrogens (tertiary/aromatic N) is 2. The molecule has 1 aliphatic rings. The Labute approximate surface area is 102 Å². The van der Waals surface area contributed by atoms with Crippen LogP contribution in [0, 0.1) is 0 Å². The molecule has 6 nitrogen and oxygen atoms in total. The molecule has 17 heavy (non-hydrogen) atoms. The molecule has 1 saturated heterocycles. The van der Waals surface area contributed by atoms with E-state index in [2.05, 4.69) is 0 Å². The van der Waals surface area contributed by atoms with Crippen LogP contribution >= 0.6 is 0 Å². The Kier molecular flexibility index (Phi) is 4.34. The molecule has 0 atom stereocenters. The van der Waals surface area contributed by atoms with Crippen LogP contribution in [-0.4, -0.2) is 61.1 Å². The van der Waals surface area contributed by atoms with Crippen LogP contribution in [-0.2, 0) is 9.53 Å². The number of likely N-dealkylation sites (tertiary alicyclic amines) is 1. The number of piperidine rings is 1. The van der Waals surface area contributed by atoms with Gasteiger partial charge in [0.15, 0.2) is 0 Å². The highest BCUT2D eigenvalue weighted by Crippen LogP contribution is 2.21. The standard InChI is InChI=1S/C11H21N3O3/c1-4-17-9(15)11(12)5-7-14(8-6-11)10(16)13(2)3/h4-8,12H2,1-3H3. The zero-order chi connectivity index (χ0) is 13.1. The first-order chi connectivity index (χ1) is 7.90. The Hall–Kier alpha value is -1.30. The third-order valence-electron chi connectivity index (χ3n) is 2.99. The van der Waals surface area contributed by atoms with Crippen LogP contribution in [0.4, 0.5) is 4.79 Å². The molecule has 0 aromatic rings. The van der Waals surface area contributed by atoms with E-state index in [-0.39, 0.29) is 12.0 Å². The lowest BCUT2D eigenvalue weighted by molar-refractivity contribution is -0.151. The predicted octanol–water partition coefficient (Wildman–Crippen LogP) is 0.0244. The van der Waals surface area contributed by atoms with Crippen molar-refractivity contribution in [3.8, 4) is 0 Å². The summed E-state index contributed by atoms with van der Waals surface area (Å²) >= 11 is 0. The minimum absolute atomic E-state index is 0.0455. The number of carbonyl (C=O) groups excluding carboxylic acids is 2. The average Bonchev–Trinajstić information content (AvgIpc) is 2.29. The highest BCUT2D eigenvalue weighted by Gasteiger charge is 2.40. The summed E-state index contributed by atoms with van der Waals surface area (Å²) in [6.07, 6.45) is 0.900.